The molecule has 0 spiro atoms. The molecule has 25 heavy (non-hydrogen) atoms. The summed E-state index contributed by atoms with van der Waals surface area (Å²) >= 11 is 6.37. The number of pyridine rings is 1. The molecular formula is C15H12F3N5S2. The first kappa shape index (κ1) is 17.5. The lowest BCUT2D eigenvalue weighted by Gasteiger charge is -2.09. The van der Waals surface area contributed by atoms with Gasteiger partial charge in [-0.2, -0.15) is 18.3 Å². The fourth-order valence-electron chi connectivity index (χ4n) is 2.06. The van der Waals surface area contributed by atoms with Crippen molar-refractivity contribution in [1.82, 2.24) is 25.1 Å². The molecule has 5 nitrogen and oxygen atoms in total. The topological polar surface area (TPSA) is 55.6 Å². The summed E-state index contributed by atoms with van der Waals surface area (Å²) in [5.74, 6) is 0. The molecule has 3 aromatic heterocycles. The van der Waals surface area contributed by atoms with Gasteiger partial charge in [-0.25, -0.2) is 9.67 Å². The predicted octanol–water partition coefficient (Wildman–Crippen LogP) is 3.66. The quantitative estimate of drug-likeness (QED) is 0.700. The predicted molar refractivity (Wildman–Crippen MR) is 93.4 cm³/mol. The van der Waals surface area contributed by atoms with Crippen LogP contribution >= 0.6 is 23.6 Å². The maximum absolute atomic E-state index is 12.3. The number of hydrogen-bond acceptors (Lipinski definition) is 5. The van der Waals surface area contributed by atoms with Crippen molar-refractivity contribution >= 4 is 28.7 Å². The lowest BCUT2D eigenvalue weighted by atomic mass is 10.3. The first-order valence-electron chi connectivity index (χ1n) is 7.12. The molecule has 0 radical (unpaired) electrons. The molecule has 0 amide bonds. The van der Waals surface area contributed by atoms with Crippen LogP contribution in [-0.2, 0) is 0 Å². The van der Waals surface area contributed by atoms with Crippen molar-refractivity contribution in [1.29, 1.82) is 0 Å². The fourth-order valence-corrected chi connectivity index (χ4v) is 3.26. The highest BCUT2D eigenvalue weighted by atomic mass is 32.1. The number of aryl methyl sites for hydroxylation is 1. The monoisotopic (exact) mass is 383 g/mol. The first-order chi connectivity index (χ1) is 11.8. The molecule has 10 heteroatoms. The molecule has 130 valence electrons. The second-order valence-corrected chi connectivity index (χ2v) is 6.48. The summed E-state index contributed by atoms with van der Waals surface area (Å²) < 4.78 is 38.0. The molecule has 3 aromatic rings. The van der Waals surface area contributed by atoms with Gasteiger partial charge in [-0.1, -0.05) is 0 Å². The second-order valence-electron chi connectivity index (χ2n) is 5.09. The Hall–Kier alpha value is -2.33. The highest BCUT2D eigenvalue weighted by Crippen LogP contribution is 2.33. The summed E-state index contributed by atoms with van der Waals surface area (Å²) in [6.07, 6.45) is 0.579. The number of alkyl halides is 3. The van der Waals surface area contributed by atoms with Gasteiger partial charge in [0, 0.05) is 24.2 Å². The van der Waals surface area contributed by atoms with Gasteiger partial charge < -0.3 is 5.32 Å². The van der Waals surface area contributed by atoms with Gasteiger partial charge >= 0.3 is 6.18 Å². The normalized spacial score (nSPS) is 11.5. The average Bonchev–Trinajstić information content (AvgIpc) is 3.19. The zero-order chi connectivity index (χ0) is 18.0. The largest absolute Gasteiger partial charge is 0.405 e. The zero-order valence-electron chi connectivity index (χ0n) is 12.9. The molecule has 1 N–H and O–H groups in total. The van der Waals surface area contributed by atoms with Gasteiger partial charge in [0.2, 0.25) is 0 Å². The number of aromatic nitrogens is 4. The van der Waals surface area contributed by atoms with Crippen LogP contribution in [0.1, 0.15) is 5.69 Å². The molecule has 0 aliphatic rings. The standard InChI is InChI=1S/C15H12F3N5S2/c1-9-12(25-13(21-9)10-3-2-5-19-7-10)11-4-6-23(22-11)14(24)20-8-15(16,17)18/h2-7H,8H2,1H3,(H,20,24). The molecule has 0 aliphatic carbocycles. The van der Waals surface area contributed by atoms with Crippen molar-refractivity contribution in [3.05, 3.63) is 42.5 Å². The van der Waals surface area contributed by atoms with Gasteiger partial charge in [0.1, 0.15) is 17.2 Å². The summed E-state index contributed by atoms with van der Waals surface area (Å²) in [6, 6.07) is 5.42. The Balaban J connectivity index is 1.81. The van der Waals surface area contributed by atoms with E-state index in [0.29, 0.717) is 5.69 Å². The van der Waals surface area contributed by atoms with Gasteiger partial charge in [0.25, 0.3) is 0 Å². The SMILES string of the molecule is Cc1nc(-c2cccnc2)sc1-c1ccn(C(=S)NCC(F)(F)F)n1. The summed E-state index contributed by atoms with van der Waals surface area (Å²) in [7, 11) is 0. The Kier molecular flexibility index (Phi) is 4.82. The van der Waals surface area contributed by atoms with E-state index in [1.807, 2.05) is 19.1 Å². The molecule has 0 unspecified atom stereocenters. The van der Waals surface area contributed by atoms with Crippen molar-refractivity contribution in [2.45, 2.75) is 13.1 Å². The lowest BCUT2D eigenvalue weighted by Crippen LogP contribution is -2.36. The number of nitrogens with zero attached hydrogens (tertiary/aromatic N) is 4. The third-order valence-corrected chi connectivity index (χ3v) is 4.74. The minimum atomic E-state index is -4.34. The van der Waals surface area contributed by atoms with Crippen LogP contribution in [0.15, 0.2) is 36.8 Å². The maximum atomic E-state index is 12.3. The first-order valence-corrected chi connectivity index (χ1v) is 8.35. The molecule has 0 bridgehead atoms. The van der Waals surface area contributed by atoms with Gasteiger partial charge in [0.05, 0.1) is 10.6 Å². The van der Waals surface area contributed by atoms with E-state index in [9.17, 15) is 13.2 Å². The van der Waals surface area contributed by atoms with Crippen LogP contribution < -0.4 is 5.32 Å². The van der Waals surface area contributed by atoms with E-state index >= 15 is 0 Å². The molecule has 0 aromatic carbocycles. The lowest BCUT2D eigenvalue weighted by molar-refractivity contribution is -0.122. The summed E-state index contributed by atoms with van der Waals surface area (Å²) in [5, 5.41) is 7.07. The summed E-state index contributed by atoms with van der Waals surface area (Å²) in [4.78, 5) is 9.41. The van der Waals surface area contributed by atoms with Crippen LogP contribution in [0.4, 0.5) is 13.2 Å². The average molecular weight is 383 g/mol. The Bertz CT molecular complexity index is 886. The summed E-state index contributed by atoms with van der Waals surface area (Å²) in [6.45, 7) is 0.650. The van der Waals surface area contributed by atoms with Gasteiger partial charge in [-0.05, 0) is 37.3 Å². The highest BCUT2D eigenvalue weighted by Gasteiger charge is 2.27. The number of rotatable bonds is 3. The molecule has 0 fully saturated rings. The molecule has 3 rings (SSSR count). The number of hydrogen-bond donors (Lipinski definition) is 1. The molecule has 0 saturated heterocycles. The van der Waals surface area contributed by atoms with E-state index in [1.54, 1.807) is 18.5 Å². The fraction of sp³-hybridized carbons (Fsp3) is 0.200. The molecule has 0 aliphatic heterocycles. The van der Waals surface area contributed by atoms with Crippen molar-refractivity contribution < 1.29 is 13.2 Å². The van der Waals surface area contributed by atoms with Crippen molar-refractivity contribution in [3.63, 3.8) is 0 Å². The number of halogens is 3. The van der Waals surface area contributed by atoms with Crippen LogP contribution in [0.25, 0.3) is 21.1 Å². The molecule has 0 atom stereocenters. The Morgan fingerprint density at radius 1 is 1.36 bits per heavy atom. The van der Waals surface area contributed by atoms with Crippen molar-refractivity contribution in [2.24, 2.45) is 0 Å². The highest BCUT2D eigenvalue weighted by molar-refractivity contribution is 7.80. The van der Waals surface area contributed by atoms with Gasteiger partial charge in [0.15, 0.2) is 5.11 Å². The van der Waals surface area contributed by atoms with Crippen LogP contribution in [0.3, 0.4) is 0 Å². The van der Waals surface area contributed by atoms with Crippen LogP contribution in [0.5, 0.6) is 0 Å². The molecule has 3 heterocycles. The number of nitrogens with one attached hydrogen (secondary N) is 1. The minimum absolute atomic E-state index is 0.113. The smallest absolute Gasteiger partial charge is 0.352 e. The van der Waals surface area contributed by atoms with E-state index in [0.717, 1.165) is 21.1 Å². The van der Waals surface area contributed by atoms with Gasteiger partial charge in [-0.15, -0.1) is 11.3 Å². The van der Waals surface area contributed by atoms with E-state index < -0.39 is 12.7 Å². The summed E-state index contributed by atoms with van der Waals surface area (Å²) in [5.41, 5.74) is 2.27. The Labute approximate surface area is 150 Å². The number of thiocarbonyl (C=S) groups is 1. The number of thiazole rings is 1. The van der Waals surface area contributed by atoms with Crippen molar-refractivity contribution in [3.8, 4) is 21.1 Å². The zero-order valence-corrected chi connectivity index (χ0v) is 14.5. The third-order valence-electron chi connectivity index (χ3n) is 3.17. The maximum Gasteiger partial charge on any atom is 0.405 e. The van der Waals surface area contributed by atoms with Crippen molar-refractivity contribution in [2.75, 3.05) is 6.54 Å². The third kappa shape index (κ3) is 4.20. The Morgan fingerprint density at radius 3 is 2.84 bits per heavy atom. The van der Waals surface area contributed by atoms with E-state index in [2.05, 4.69) is 20.4 Å². The van der Waals surface area contributed by atoms with Gasteiger partial charge in [-0.3, -0.25) is 4.98 Å². The van der Waals surface area contributed by atoms with E-state index in [4.69, 9.17) is 12.2 Å². The van der Waals surface area contributed by atoms with E-state index in [1.165, 1.54) is 22.2 Å². The minimum Gasteiger partial charge on any atom is -0.352 e. The Morgan fingerprint density at radius 2 is 2.16 bits per heavy atom. The van der Waals surface area contributed by atoms with Crippen LogP contribution in [0, 0.1) is 6.92 Å². The molecular weight excluding hydrogens is 371 g/mol. The second kappa shape index (κ2) is 6.89. The van der Waals surface area contributed by atoms with Crippen LogP contribution in [-0.4, -0.2) is 37.6 Å². The molecule has 0 saturated carbocycles. The van der Waals surface area contributed by atoms with E-state index in [-0.39, 0.29) is 5.11 Å². The van der Waals surface area contributed by atoms with Crippen LogP contribution in [0.2, 0.25) is 0 Å².